The van der Waals surface area contributed by atoms with Gasteiger partial charge < -0.3 is 0 Å². The molecule has 0 spiro atoms. The lowest BCUT2D eigenvalue weighted by Crippen LogP contribution is -1.84. The molecule has 0 unspecified atom stereocenters. The Balaban J connectivity index is 3.07. The molecule has 4 heteroatoms. The first-order valence-corrected chi connectivity index (χ1v) is 5.31. The Morgan fingerprint density at radius 3 is 2.50 bits per heavy atom. The Morgan fingerprint density at radius 1 is 1.30 bits per heavy atom. The van der Waals surface area contributed by atoms with Gasteiger partial charge in [0.05, 0.1) is 0 Å². The second-order valence-electron chi connectivity index (χ2n) is 1.72. The average molecular weight is 330 g/mol. The van der Waals surface area contributed by atoms with Gasteiger partial charge in [-0.3, -0.25) is 0 Å². The molecule has 1 rings (SSSR count). The highest BCUT2D eigenvalue weighted by Crippen LogP contribution is 2.19. The molecule has 1 nitrogen and oxygen atoms in total. The molecule has 0 aliphatic rings. The summed E-state index contributed by atoms with van der Waals surface area (Å²) < 4.78 is 1.74. The molecule has 0 amide bonds. The highest BCUT2D eigenvalue weighted by atomic mass is 79.9. The topological polar surface area (TPSA) is 12.9 Å². The molecule has 0 fully saturated rings. The van der Waals surface area contributed by atoms with Crippen molar-refractivity contribution in [3.05, 3.63) is 26.9 Å². The lowest BCUT2D eigenvalue weighted by molar-refractivity contribution is 1.17. The zero-order valence-electron chi connectivity index (χ0n) is 4.94. The van der Waals surface area contributed by atoms with E-state index in [0.29, 0.717) is 0 Å². The molecular weight excluding hydrogens is 326 g/mol. The summed E-state index contributed by atoms with van der Waals surface area (Å²) in [6.07, 6.45) is 0. The van der Waals surface area contributed by atoms with Gasteiger partial charge >= 0.3 is 0 Å². The number of rotatable bonds is 1. The Labute approximate surface area is 84.6 Å². The molecule has 0 saturated carbocycles. The summed E-state index contributed by atoms with van der Waals surface area (Å²) in [4.78, 5) is 4.15. The standard InChI is InChI=1S/C6H4Br3N/c7-3-4-1-2-5(8)10-6(4)9/h1-2H,3H2. The Bertz CT molecular complexity index is 236. The van der Waals surface area contributed by atoms with E-state index in [9.17, 15) is 0 Å². The van der Waals surface area contributed by atoms with Crippen molar-refractivity contribution >= 4 is 47.8 Å². The summed E-state index contributed by atoms with van der Waals surface area (Å²) in [5.41, 5.74) is 1.16. The lowest BCUT2D eigenvalue weighted by atomic mass is 10.3. The molecule has 0 atom stereocenters. The van der Waals surface area contributed by atoms with E-state index in [-0.39, 0.29) is 0 Å². The zero-order chi connectivity index (χ0) is 7.56. The van der Waals surface area contributed by atoms with E-state index in [0.717, 1.165) is 20.1 Å². The van der Waals surface area contributed by atoms with E-state index < -0.39 is 0 Å². The molecule has 0 radical (unpaired) electrons. The van der Waals surface area contributed by atoms with Crippen LogP contribution in [0.2, 0.25) is 0 Å². The molecule has 0 aliphatic heterocycles. The molecule has 54 valence electrons. The summed E-state index contributed by atoms with van der Waals surface area (Å²) in [6, 6.07) is 3.93. The van der Waals surface area contributed by atoms with Crippen LogP contribution in [0.15, 0.2) is 21.3 Å². The molecule has 1 aromatic heterocycles. The van der Waals surface area contributed by atoms with Gasteiger partial charge in [0, 0.05) is 5.33 Å². The van der Waals surface area contributed by atoms with Gasteiger partial charge in [0.15, 0.2) is 0 Å². The molecule has 0 aliphatic carbocycles. The molecule has 0 bridgehead atoms. The summed E-state index contributed by atoms with van der Waals surface area (Å²) in [5.74, 6) is 0. The fourth-order valence-electron chi connectivity index (χ4n) is 0.541. The van der Waals surface area contributed by atoms with E-state index in [2.05, 4.69) is 52.8 Å². The molecule has 1 aromatic rings. The first-order chi connectivity index (χ1) is 4.74. The van der Waals surface area contributed by atoms with Gasteiger partial charge in [-0.1, -0.05) is 22.0 Å². The minimum Gasteiger partial charge on any atom is -0.234 e. The number of aromatic nitrogens is 1. The monoisotopic (exact) mass is 327 g/mol. The third-order valence-corrected chi connectivity index (χ3v) is 2.77. The first kappa shape index (κ1) is 8.68. The third kappa shape index (κ3) is 2.04. The van der Waals surface area contributed by atoms with Crippen LogP contribution >= 0.6 is 47.8 Å². The Kier molecular flexibility index (Phi) is 3.33. The van der Waals surface area contributed by atoms with Gasteiger partial charge in [0.25, 0.3) is 0 Å². The highest BCUT2D eigenvalue weighted by Gasteiger charge is 1.98. The predicted octanol–water partition coefficient (Wildman–Crippen LogP) is 3.50. The maximum atomic E-state index is 4.15. The van der Waals surface area contributed by atoms with Gasteiger partial charge in [0.2, 0.25) is 0 Å². The van der Waals surface area contributed by atoms with Crippen LogP contribution in [0, 0.1) is 0 Å². The molecule has 10 heavy (non-hydrogen) atoms. The molecule has 1 heterocycles. The summed E-state index contributed by atoms with van der Waals surface area (Å²) in [7, 11) is 0. The Morgan fingerprint density at radius 2 is 2.00 bits per heavy atom. The van der Waals surface area contributed by atoms with Crippen LogP contribution in [0.1, 0.15) is 5.56 Å². The number of pyridine rings is 1. The van der Waals surface area contributed by atoms with Crippen LogP contribution in [0.3, 0.4) is 0 Å². The van der Waals surface area contributed by atoms with E-state index in [1.54, 1.807) is 0 Å². The number of alkyl halides is 1. The van der Waals surface area contributed by atoms with Crippen LogP contribution in [0.4, 0.5) is 0 Å². The van der Waals surface area contributed by atoms with Crippen molar-refractivity contribution in [2.75, 3.05) is 0 Å². The molecule has 0 saturated heterocycles. The van der Waals surface area contributed by atoms with Crippen molar-refractivity contribution in [3.8, 4) is 0 Å². The number of hydrogen-bond acceptors (Lipinski definition) is 1. The largest absolute Gasteiger partial charge is 0.234 e. The van der Waals surface area contributed by atoms with Crippen LogP contribution < -0.4 is 0 Å². The van der Waals surface area contributed by atoms with Crippen LogP contribution in [-0.2, 0) is 5.33 Å². The smallest absolute Gasteiger partial charge is 0.111 e. The molecular formula is C6H4Br3N. The second-order valence-corrected chi connectivity index (χ2v) is 3.84. The van der Waals surface area contributed by atoms with E-state index in [1.807, 2.05) is 12.1 Å². The Hall–Kier alpha value is 0.590. The fourth-order valence-corrected chi connectivity index (χ4v) is 2.38. The second kappa shape index (κ2) is 3.83. The maximum Gasteiger partial charge on any atom is 0.111 e. The van der Waals surface area contributed by atoms with Crippen molar-refractivity contribution in [2.24, 2.45) is 0 Å². The summed E-state index contributed by atoms with van der Waals surface area (Å²) in [6.45, 7) is 0. The van der Waals surface area contributed by atoms with Gasteiger partial charge in [-0.25, -0.2) is 4.98 Å². The van der Waals surface area contributed by atoms with Gasteiger partial charge in [-0.2, -0.15) is 0 Å². The maximum absolute atomic E-state index is 4.15. The number of halogens is 3. The van der Waals surface area contributed by atoms with Gasteiger partial charge in [-0.05, 0) is 43.5 Å². The first-order valence-electron chi connectivity index (χ1n) is 2.61. The predicted molar refractivity (Wildman–Crippen MR) is 52.3 cm³/mol. The number of hydrogen-bond donors (Lipinski definition) is 0. The van der Waals surface area contributed by atoms with Gasteiger partial charge in [-0.15, -0.1) is 0 Å². The average Bonchev–Trinajstić information content (AvgIpc) is 1.88. The third-order valence-electron chi connectivity index (χ3n) is 1.04. The van der Waals surface area contributed by atoms with E-state index >= 15 is 0 Å². The van der Waals surface area contributed by atoms with Crippen molar-refractivity contribution in [2.45, 2.75) is 5.33 Å². The summed E-state index contributed by atoms with van der Waals surface area (Å²) in [5, 5.41) is 0.827. The van der Waals surface area contributed by atoms with Crippen LogP contribution in [-0.4, -0.2) is 4.98 Å². The van der Waals surface area contributed by atoms with Crippen molar-refractivity contribution in [1.82, 2.24) is 4.98 Å². The highest BCUT2D eigenvalue weighted by molar-refractivity contribution is 9.11. The van der Waals surface area contributed by atoms with Crippen molar-refractivity contribution < 1.29 is 0 Å². The number of nitrogens with zero attached hydrogens (tertiary/aromatic N) is 1. The molecule has 0 N–H and O–H groups in total. The minimum absolute atomic E-state index is 0.827. The quantitative estimate of drug-likeness (QED) is 0.567. The van der Waals surface area contributed by atoms with Gasteiger partial charge in [0.1, 0.15) is 9.21 Å². The SMILES string of the molecule is BrCc1ccc(Br)nc1Br. The minimum atomic E-state index is 0.827. The zero-order valence-corrected chi connectivity index (χ0v) is 9.70. The summed E-state index contributed by atoms with van der Waals surface area (Å²) >= 11 is 9.95. The molecule has 0 aromatic carbocycles. The normalized spacial score (nSPS) is 9.90. The van der Waals surface area contributed by atoms with Crippen molar-refractivity contribution in [3.63, 3.8) is 0 Å². The fraction of sp³-hybridized carbons (Fsp3) is 0.167. The van der Waals surface area contributed by atoms with Crippen molar-refractivity contribution in [1.29, 1.82) is 0 Å². The van der Waals surface area contributed by atoms with E-state index in [1.165, 1.54) is 0 Å². The van der Waals surface area contributed by atoms with Crippen LogP contribution in [0.5, 0.6) is 0 Å². The van der Waals surface area contributed by atoms with E-state index in [4.69, 9.17) is 0 Å². The van der Waals surface area contributed by atoms with Crippen LogP contribution in [0.25, 0.3) is 0 Å². The lowest BCUT2D eigenvalue weighted by Gasteiger charge is -1.97.